The Kier molecular flexibility index (Phi) is 6.95. The lowest BCUT2D eigenvalue weighted by molar-refractivity contribution is -0.146. The zero-order chi connectivity index (χ0) is 15.1. The van der Waals surface area contributed by atoms with Crippen molar-refractivity contribution in [3.8, 4) is 0 Å². The highest BCUT2D eigenvalue weighted by Gasteiger charge is 2.29. The third-order valence-electron chi connectivity index (χ3n) is 3.72. The molecule has 1 aliphatic heterocycles. The lowest BCUT2D eigenvalue weighted by Gasteiger charge is -2.36. The van der Waals surface area contributed by atoms with Crippen molar-refractivity contribution in [3.63, 3.8) is 0 Å². The van der Waals surface area contributed by atoms with Gasteiger partial charge < -0.3 is 14.8 Å². The number of nitrogens with one attached hydrogen (secondary N) is 1. The highest BCUT2D eigenvalue weighted by Crippen LogP contribution is 2.12. The van der Waals surface area contributed by atoms with Crippen LogP contribution in [-0.4, -0.2) is 61.8 Å². The number of ether oxygens (including phenoxy) is 2. The number of rotatable bonds is 6. The fourth-order valence-corrected chi connectivity index (χ4v) is 2.12. The molecule has 1 fully saturated rings. The van der Waals surface area contributed by atoms with Crippen LogP contribution in [0.2, 0.25) is 0 Å². The first-order valence-electron chi connectivity index (χ1n) is 7.20. The molecule has 1 heterocycles. The average Bonchev–Trinajstić information content (AvgIpc) is 2.46. The number of hydrogen-bond acceptors (Lipinski definition) is 5. The maximum atomic E-state index is 12.1. The first kappa shape index (κ1) is 16.9. The maximum Gasteiger partial charge on any atom is 0.308 e. The second-order valence-corrected chi connectivity index (χ2v) is 5.26. The molecule has 0 bridgehead atoms. The van der Waals surface area contributed by atoms with Gasteiger partial charge in [-0.1, -0.05) is 6.92 Å². The van der Waals surface area contributed by atoms with Gasteiger partial charge in [-0.25, -0.2) is 0 Å². The van der Waals surface area contributed by atoms with Crippen LogP contribution in [0.25, 0.3) is 0 Å². The van der Waals surface area contributed by atoms with Gasteiger partial charge in [0.15, 0.2) is 0 Å². The molecular formula is C14H26N2O4. The van der Waals surface area contributed by atoms with E-state index < -0.39 is 0 Å². The predicted octanol–water partition coefficient (Wildman–Crippen LogP) is 0.554. The maximum absolute atomic E-state index is 12.1. The molecule has 0 aromatic rings. The van der Waals surface area contributed by atoms with Crippen molar-refractivity contribution in [2.24, 2.45) is 0 Å². The molecule has 20 heavy (non-hydrogen) atoms. The predicted molar refractivity (Wildman–Crippen MR) is 75.3 cm³/mol. The van der Waals surface area contributed by atoms with E-state index in [-0.39, 0.29) is 36.5 Å². The summed E-state index contributed by atoms with van der Waals surface area (Å²) < 4.78 is 10.2. The van der Waals surface area contributed by atoms with Gasteiger partial charge in [0.1, 0.15) is 0 Å². The molecule has 0 aromatic heterocycles. The molecule has 3 atom stereocenters. The molecule has 0 radical (unpaired) electrons. The van der Waals surface area contributed by atoms with Gasteiger partial charge in [-0.3, -0.25) is 14.5 Å². The second kappa shape index (κ2) is 8.21. The molecule has 1 N–H and O–H groups in total. The second-order valence-electron chi connectivity index (χ2n) is 5.26. The monoisotopic (exact) mass is 286 g/mol. The smallest absolute Gasteiger partial charge is 0.308 e. The number of carbonyl (C=O) groups is 2. The van der Waals surface area contributed by atoms with Crippen LogP contribution in [0.15, 0.2) is 0 Å². The van der Waals surface area contributed by atoms with Crippen molar-refractivity contribution in [2.75, 3.05) is 26.8 Å². The summed E-state index contributed by atoms with van der Waals surface area (Å²) in [7, 11) is 1.37. The van der Waals surface area contributed by atoms with Crippen LogP contribution >= 0.6 is 0 Å². The Labute approximate surface area is 120 Å². The zero-order valence-electron chi connectivity index (χ0n) is 12.8. The van der Waals surface area contributed by atoms with E-state index in [9.17, 15) is 9.59 Å². The topological polar surface area (TPSA) is 67.9 Å². The van der Waals surface area contributed by atoms with E-state index in [1.165, 1.54) is 7.11 Å². The van der Waals surface area contributed by atoms with Gasteiger partial charge in [-0.2, -0.15) is 0 Å². The van der Waals surface area contributed by atoms with E-state index in [1.807, 2.05) is 20.8 Å². The van der Waals surface area contributed by atoms with Crippen LogP contribution in [0.3, 0.4) is 0 Å². The Morgan fingerprint density at radius 1 is 1.45 bits per heavy atom. The summed E-state index contributed by atoms with van der Waals surface area (Å²) in [5.41, 5.74) is 0. The van der Waals surface area contributed by atoms with E-state index in [2.05, 4.69) is 15.0 Å². The van der Waals surface area contributed by atoms with Crippen LogP contribution in [0.5, 0.6) is 0 Å². The minimum absolute atomic E-state index is 0.0260. The Hall–Kier alpha value is -1.14. The number of morpholine rings is 1. The summed E-state index contributed by atoms with van der Waals surface area (Å²) in [6.07, 6.45) is 0.939. The molecule has 6 heteroatoms. The van der Waals surface area contributed by atoms with Crippen LogP contribution < -0.4 is 5.32 Å². The molecule has 1 aliphatic rings. The minimum atomic E-state index is -0.284. The van der Waals surface area contributed by atoms with Crippen molar-refractivity contribution in [1.82, 2.24) is 10.2 Å². The van der Waals surface area contributed by atoms with Gasteiger partial charge in [0.05, 0.1) is 32.3 Å². The van der Waals surface area contributed by atoms with Crippen molar-refractivity contribution >= 4 is 11.9 Å². The fraction of sp³-hybridized carbons (Fsp3) is 0.857. The van der Waals surface area contributed by atoms with E-state index in [1.54, 1.807) is 0 Å². The normalized spacial score (nSPS) is 22.9. The summed E-state index contributed by atoms with van der Waals surface area (Å²) >= 11 is 0. The third-order valence-corrected chi connectivity index (χ3v) is 3.72. The standard InChI is InChI=1S/C14H26N2O4/c1-5-10(2)15-14(18)11(3)16-6-7-20-12(9-16)8-13(17)19-4/h10-12H,5-9H2,1-4H3,(H,15,18). The molecular weight excluding hydrogens is 260 g/mol. The Morgan fingerprint density at radius 3 is 2.75 bits per heavy atom. The van der Waals surface area contributed by atoms with Crippen molar-refractivity contribution in [1.29, 1.82) is 0 Å². The van der Waals surface area contributed by atoms with Gasteiger partial charge in [-0.15, -0.1) is 0 Å². The van der Waals surface area contributed by atoms with Gasteiger partial charge >= 0.3 is 5.97 Å². The largest absolute Gasteiger partial charge is 0.469 e. The Balaban J connectivity index is 2.49. The number of hydrogen-bond donors (Lipinski definition) is 1. The Morgan fingerprint density at radius 2 is 2.15 bits per heavy atom. The number of esters is 1. The quantitative estimate of drug-likeness (QED) is 0.722. The highest BCUT2D eigenvalue weighted by molar-refractivity contribution is 5.81. The first-order chi connectivity index (χ1) is 9.47. The first-order valence-corrected chi connectivity index (χ1v) is 7.20. The van der Waals surface area contributed by atoms with Crippen molar-refractivity contribution < 1.29 is 19.1 Å². The van der Waals surface area contributed by atoms with E-state index in [0.29, 0.717) is 19.7 Å². The fourth-order valence-electron chi connectivity index (χ4n) is 2.12. The molecule has 1 saturated heterocycles. The molecule has 6 nitrogen and oxygen atoms in total. The molecule has 0 saturated carbocycles. The molecule has 0 aromatic carbocycles. The molecule has 1 rings (SSSR count). The summed E-state index contributed by atoms with van der Waals surface area (Å²) in [5.74, 6) is -0.258. The summed E-state index contributed by atoms with van der Waals surface area (Å²) in [5, 5.41) is 2.98. The van der Waals surface area contributed by atoms with E-state index >= 15 is 0 Å². The molecule has 0 aliphatic carbocycles. The molecule has 0 spiro atoms. The zero-order valence-corrected chi connectivity index (χ0v) is 12.8. The number of nitrogens with zero attached hydrogens (tertiary/aromatic N) is 1. The molecule has 3 unspecified atom stereocenters. The van der Waals surface area contributed by atoms with Crippen LogP contribution in [-0.2, 0) is 19.1 Å². The molecule has 116 valence electrons. The van der Waals surface area contributed by atoms with E-state index in [0.717, 1.165) is 6.42 Å². The summed E-state index contributed by atoms with van der Waals surface area (Å²) in [6.45, 7) is 7.72. The van der Waals surface area contributed by atoms with Crippen molar-refractivity contribution in [2.45, 2.75) is 51.8 Å². The van der Waals surface area contributed by atoms with Gasteiger partial charge in [0.25, 0.3) is 0 Å². The summed E-state index contributed by atoms with van der Waals surface area (Å²) in [6, 6.07) is -0.0371. The lowest BCUT2D eigenvalue weighted by atomic mass is 10.1. The number of carbonyl (C=O) groups excluding carboxylic acids is 2. The van der Waals surface area contributed by atoms with Gasteiger partial charge in [-0.05, 0) is 20.3 Å². The number of methoxy groups -OCH3 is 1. The van der Waals surface area contributed by atoms with Gasteiger partial charge in [0, 0.05) is 19.1 Å². The third kappa shape index (κ3) is 5.09. The minimum Gasteiger partial charge on any atom is -0.469 e. The SMILES string of the molecule is CCC(C)NC(=O)C(C)N1CCOC(CC(=O)OC)C1. The average molecular weight is 286 g/mol. The van der Waals surface area contributed by atoms with Crippen LogP contribution in [0.1, 0.15) is 33.6 Å². The summed E-state index contributed by atoms with van der Waals surface area (Å²) in [4.78, 5) is 25.4. The number of amides is 1. The highest BCUT2D eigenvalue weighted by atomic mass is 16.5. The van der Waals surface area contributed by atoms with Crippen LogP contribution in [0, 0.1) is 0 Å². The lowest BCUT2D eigenvalue weighted by Crippen LogP contribution is -2.53. The van der Waals surface area contributed by atoms with E-state index in [4.69, 9.17) is 4.74 Å². The van der Waals surface area contributed by atoms with Crippen LogP contribution in [0.4, 0.5) is 0 Å². The Bertz CT molecular complexity index is 335. The van der Waals surface area contributed by atoms with Crippen molar-refractivity contribution in [3.05, 3.63) is 0 Å². The molecule has 1 amide bonds. The van der Waals surface area contributed by atoms with Gasteiger partial charge in [0.2, 0.25) is 5.91 Å².